The van der Waals surface area contributed by atoms with Crippen molar-refractivity contribution in [2.75, 3.05) is 0 Å². The summed E-state index contributed by atoms with van der Waals surface area (Å²) in [5.41, 5.74) is 2.79. The van der Waals surface area contributed by atoms with Gasteiger partial charge in [0.2, 0.25) is 0 Å². The van der Waals surface area contributed by atoms with Crippen LogP contribution in [0, 0.1) is 13.8 Å². The van der Waals surface area contributed by atoms with Gasteiger partial charge in [0.1, 0.15) is 22.9 Å². The molecule has 0 aromatic carbocycles. The van der Waals surface area contributed by atoms with E-state index in [0.717, 1.165) is 34.2 Å². The Balaban J connectivity index is 2.15. The number of furan rings is 1. The molecule has 0 amide bonds. The van der Waals surface area contributed by atoms with Crippen molar-refractivity contribution in [1.82, 2.24) is 19.3 Å². The standard InChI is InChI=1S/C13H15ClN4O/c1-8-4-5-10(19-8)7-18-11(6-14)15-12-9(2)16-17(3)13(12)18/h4-5H,6-7H2,1-3H3. The number of aryl methyl sites for hydroxylation is 3. The molecule has 6 heteroatoms. The topological polar surface area (TPSA) is 48.8 Å². The SMILES string of the molecule is Cc1ccc(Cn2c(CCl)nc3c(C)nn(C)c32)o1. The minimum absolute atomic E-state index is 0.369. The van der Waals surface area contributed by atoms with Gasteiger partial charge in [-0.1, -0.05) is 0 Å². The monoisotopic (exact) mass is 278 g/mol. The van der Waals surface area contributed by atoms with E-state index in [9.17, 15) is 0 Å². The number of nitrogens with zero attached hydrogens (tertiary/aromatic N) is 4. The average molecular weight is 279 g/mol. The molecular weight excluding hydrogens is 264 g/mol. The third-order valence-corrected chi connectivity index (χ3v) is 3.44. The van der Waals surface area contributed by atoms with Crippen molar-refractivity contribution >= 4 is 22.8 Å². The van der Waals surface area contributed by atoms with Crippen LogP contribution in [-0.4, -0.2) is 19.3 Å². The minimum atomic E-state index is 0.369. The summed E-state index contributed by atoms with van der Waals surface area (Å²) in [7, 11) is 1.92. The molecule has 0 aliphatic heterocycles. The lowest BCUT2D eigenvalue weighted by Crippen LogP contribution is -2.07. The molecule has 0 radical (unpaired) electrons. The fraction of sp³-hybridized carbons (Fsp3) is 0.385. The van der Waals surface area contributed by atoms with Crippen LogP contribution in [0.3, 0.4) is 0 Å². The van der Waals surface area contributed by atoms with Crippen LogP contribution in [-0.2, 0) is 19.5 Å². The van der Waals surface area contributed by atoms with Crippen LogP contribution < -0.4 is 0 Å². The maximum absolute atomic E-state index is 5.99. The molecule has 0 fully saturated rings. The molecule has 0 bridgehead atoms. The summed E-state index contributed by atoms with van der Waals surface area (Å²) in [5, 5.41) is 4.39. The van der Waals surface area contributed by atoms with Gasteiger partial charge in [0.25, 0.3) is 0 Å². The highest BCUT2D eigenvalue weighted by molar-refractivity contribution is 6.16. The van der Waals surface area contributed by atoms with Gasteiger partial charge in [-0.15, -0.1) is 11.6 Å². The molecule has 5 nitrogen and oxygen atoms in total. The van der Waals surface area contributed by atoms with Crippen molar-refractivity contribution in [2.24, 2.45) is 7.05 Å². The van der Waals surface area contributed by atoms with Crippen LogP contribution in [0.15, 0.2) is 16.5 Å². The molecule has 0 aliphatic carbocycles. The van der Waals surface area contributed by atoms with E-state index < -0.39 is 0 Å². The Morgan fingerprint density at radius 2 is 2.11 bits per heavy atom. The molecule has 0 spiro atoms. The van der Waals surface area contributed by atoms with E-state index in [-0.39, 0.29) is 0 Å². The Morgan fingerprint density at radius 3 is 2.74 bits per heavy atom. The van der Waals surface area contributed by atoms with Crippen molar-refractivity contribution < 1.29 is 4.42 Å². The number of aromatic nitrogens is 4. The second kappa shape index (κ2) is 4.42. The van der Waals surface area contributed by atoms with E-state index in [0.29, 0.717) is 12.4 Å². The van der Waals surface area contributed by atoms with Gasteiger partial charge >= 0.3 is 0 Å². The number of rotatable bonds is 3. The molecule has 0 saturated carbocycles. The highest BCUT2D eigenvalue weighted by atomic mass is 35.5. The Bertz CT molecular complexity index is 737. The van der Waals surface area contributed by atoms with Gasteiger partial charge in [0, 0.05) is 7.05 Å². The van der Waals surface area contributed by atoms with Gasteiger partial charge in [0.15, 0.2) is 5.65 Å². The molecular formula is C13H15ClN4O. The zero-order valence-corrected chi connectivity index (χ0v) is 11.9. The normalized spacial score (nSPS) is 11.6. The molecule has 0 unspecified atom stereocenters. The van der Waals surface area contributed by atoms with Crippen LogP contribution in [0.1, 0.15) is 23.0 Å². The van der Waals surface area contributed by atoms with Crippen molar-refractivity contribution in [3.8, 4) is 0 Å². The highest BCUT2D eigenvalue weighted by Gasteiger charge is 2.17. The minimum Gasteiger partial charge on any atom is -0.464 e. The van der Waals surface area contributed by atoms with Crippen molar-refractivity contribution in [2.45, 2.75) is 26.3 Å². The summed E-state index contributed by atoms with van der Waals surface area (Å²) < 4.78 is 9.52. The van der Waals surface area contributed by atoms with Crippen molar-refractivity contribution in [1.29, 1.82) is 0 Å². The van der Waals surface area contributed by atoms with E-state index in [2.05, 4.69) is 14.6 Å². The summed E-state index contributed by atoms with van der Waals surface area (Å²) in [5.74, 6) is 3.00. The van der Waals surface area contributed by atoms with Crippen molar-refractivity contribution in [3.63, 3.8) is 0 Å². The quantitative estimate of drug-likeness (QED) is 0.692. The molecule has 0 saturated heterocycles. The maximum Gasteiger partial charge on any atom is 0.159 e. The fourth-order valence-corrected chi connectivity index (χ4v) is 2.58. The summed E-state index contributed by atoms with van der Waals surface area (Å²) >= 11 is 5.99. The first kappa shape index (κ1) is 12.3. The number of fused-ring (bicyclic) bond motifs is 1. The van der Waals surface area contributed by atoms with Crippen LogP contribution in [0.25, 0.3) is 11.2 Å². The van der Waals surface area contributed by atoms with Gasteiger partial charge in [-0.25, -0.2) is 4.98 Å². The second-order valence-corrected chi connectivity index (χ2v) is 4.91. The Kier molecular flexibility index (Phi) is 2.86. The predicted octanol–water partition coefficient (Wildman–Crippen LogP) is 2.77. The van der Waals surface area contributed by atoms with E-state index in [1.165, 1.54) is 0 Å². The zero-order chi connectivity index (χ0) is 13.6. The van der Waals surface area contributed by atoms with Gasteiger partial charge < -0.3 is 8.98 Å². The van der Waals surface area contributed by atoms with Crippen LogP contribution in [0.5, 0.6) is 0 Å². The molecule has 100 valence electrons. The molecule has 3 aromatic heterocycles. The van der Waals surface area contributed by atoms with E-state index >= 15 is 0 Å². The summed E-state index contributed by atoms with van der Waals surface area (Å²) in [6.45, 7) is 4.50. The molecule has 0 aliphatic rings. The third kappa shape index (κ3) is 1.94. The summed E-state index contributed by atoms with van der Waals surface area (Å²) in [6, 6.07) is 3.93. The van der Waals surface area contributed by atoms with Crippen LogP contribution >= 0.6 is 11.6 Å². The van der Waals surface area contributed by atoms with Gasteiger partial charge in [-0.05, 0) is 26.0 Å². The molecule has 3 aromatic rings. The smallest absolute Gasteiger partial charge is 0.159 e. The molecule has 3 heterocycles. The van der Waals surface area contributed by atoms with Gasteiger partial charge in [-0.3, -0.25) is 4.68 Å². The molecule has 3 rings (SSSR count). The Labute approximate surface area is 115 Å². The molecule has 19 heavy (non-hydrogen) atoms. The van der Waals surface area contributed by atoms with Crippen LogP contribution in [0.2, 0.25) is 0 Å². The number of alkyl halides is 1. The summed E-state index contributed by atoms with van der Waals surface area (Å²) in [6.07, 6.45) is 0. The third-order valence-electron chi connectivity index (χ3n) is 3.20. The summed E-state index contributed by atoms with van der Waals surface area (Å²) in [4.78, 5) is 4.56. The first-order valence-corrected chi connectivity index (χ1v) is 6.63. The predicted molar refractivity (Wildman–Crippen MR) is 73.3 cm³/mol. The van der Waals surface area contributed by atoms with E-state index in [1.807, 2.05) is 37.7 Å². The lowest BCUT2D eigenvalue weighted by molar-refractivity contribution is 0.468. The highest BCUT2D eigenvalue weighted by Crippen LogP contribution is 2.22. The average Bonchev–Trinajstić information content (AvgIpc) is 3.00. The molecule has 0 N–H and O–H groups in total. The van der Waals surface area contributed by atoms with Crippen LogP contribution in [0.4, 0.5) is 0 Å². The number of hydrogen-bond donors (Lipinski definition) is 0. The Morgan fingerprint density at radius 1 is 1.32 bits per heavy atom. The van der Waals surface area contributed by atoms with E-state index in [4.69, 9.17) is 16.0 Å². The van der Waals surface area contributed by atoms with Gasteiger partial charge in [-0.2, -0.15) is 5.10 Å². The maximum atomic E-state index is 5.99. The molecule has 0 atom stereocenters. The first-order chi connectivity index (χ1) is 9.10. The Hall–Kier alpha value is -1.75. The fourth-order valence-electron chi connectivity index (χ4n) is 2.37. The number of hydrogen-bond acceptors (Lipinski definition) is 3. The van der Waals surface area contributed by atoms with Crippen molar-refractivity contribution in [3.05, 3.63) is 35.2 Å². The van der Waals surface area contributed by atoms with E-state index in [1.54, 1.807) is 0 Å². The van der Waals surface area contributed by atoms with Gasteiger partial charge in [0.05, 0.1) is 18.1 Å². The second-order valence-electron chi connectivity index (χ2n) is 4.64. The lowest BCUT2D eigenvalue weighted by atomic mass is 10.4. The number of imidazole rings is 1. The lowest BCUT2D eigenvalue weighted by Gasteiger charge is -2.06. The first-order valence-electron chi connectivity index (χ1n) is 6.10. The largest absolute Gasteiger partial charge is 0.464 e. The number of halogens is 1. The zero-order valence-electron chi connectivity index (χ0n) is 11.1.